The van der Waals surface area contributed by atoms with Gasteiger partial charge in [-0.1, -0.05) is 24.3 Å². The molecule has 2 fully saturated rings. The van der Waals surface area contributed by atoms with Gasteiger partial charge < -0.3 is 4.74 Å². The van der Waals surface area contributed by atoms with Crippen LogP contribution in [-0.2, 0) is 16.4 Å². The van der Waals surface area contributed by atoms with Gasteiger partial charge in [0.05, 0.1) is 12.4 Å². The van der Waals surface area contributed by atoms with Gasteiger partial charge >= 0.3 is 0 Å². The van der Waals surface area contributed by atoms with Crippen molar-refractivity contribution in [2.75, 3.05) is 25.4 Å². The molecule has 5 nitrogen and oxygen atoms in total. The second-order valence-corrected chi connectivity index (χ2v) is 9.54. The van der Waals surface area contributed by atoms with E-state index in [0.717, 1.165) is 0 Å². The summed E-state index contributed by atoms with van der Waals surface area (Å²) in [4.78, 5) is 6.12. The number of benzene rings is 1. The molecule has 1 aromatic heterocycles. The molecule has 4 rings (SSSR count). The van der Waals surface area contributed by atoms with Crippen LogP contribution in [0.15, 0.2) is 48.7 Å². The molecule has 1 aromatic carbocycles. The molecule has 138 valence electrons. The van der Waals surface area contributed by atoms with Gasteiger partial charge in [0.1, 0.15) is 10.6 Å². The average Bonchev–Trinajstić information content (AvgIpc) is 2.87. The predicted molar refractivity (Wildman–Crippen MR) is 96.0 cm³/mol. The molecule has 0 N–H and O–H groups in total. The number of hydrogen-bond donors (Lipinski definition) is 0. The van der Waals surface area contributed by atoms with E-state index in [1.165, 1.54) is 6.07 Å². The van der Waals surface area contributed by atoms with Gasteiger partial charge in [0.15, 0.2) is 9.84 Å². The second kappa shape index (κ2) is 6.63. The van der Waals surface area contributed by atoms with Gasteiger partial charge in [0.25, 0.3) is 0 Å². The Kier molecular flexibility index (Phi) is 4.44. The molecule has 2 aliphatic heterocycles. The SMILES string of the molecule is O=S1(=O)CC[C@@H](COc2ccccn2)C12CN(Cc1ccccc1F)C2. The average molecular weight is 376 g/mol. The van der Waals surface area contributed by atoms with Crippen molar-refractivity contribution in [1.82, 2.24) is 9.88 Å². The summed E-state index contributed by atoms with van der Waals surface area (Å²) in [5, 5.41) is 0. The van der Waals surface area contributed by atoms with Crippen molar-refractivity contribution in [3.8, 4) is 5.88 Å². The number of pyridine rings is 1. The molecule has 0 unspecified atom stereocenters. The molecule has 0 saturated carbocycles. The number of sulfone groups is 1. The number of ether oxygens (including phenoxy) is 1. The van der Waals surface area contributed by atoms with Gasteiger partial charge in [-0.15, -0.1) is 0 Å². The zero-order valence-corrected chi connectivity index (χ0v) is 15.2. The van der Waals surface area contributed by atoms with Gasteiger partial charge in [0, 0.05) is 43.4 Å². The van der Waals surface area contributed by atoms with Crippen LogP contribution >= 0.6 is 0 Å². The van der Waals surface area contributed by atoms with E-state index in [0.29, 0.717) is 44.1 Å². The lowest BCUT2D eigenvalue weighted by molar-refractivity contribution is 0.0573. The van der Waals surface area contributed by atoms with E-state index in [-0.39, 0.29) is 17.5 Å². The number of hydrogen-bond acceptors (Lipinski definition) is 5. The molecule has 2 aromatic rings. The van der Waals surface area contributed by atoms with Crippen LogP contribution in [0.25, 0.3) is 0 Å². The van der Waals surface area contributed by atoms with Crippen molar-refractivity contribution in [3.05, 3.63) is 60.0 Å². The van der Waals surface area contributed by atoms with Crippen molar-refractivity contribution >= 4 is 9.84 Å². The van der Waals surface area contributed by atoms with Crippen LogP contribution in [-0.4, -0.2) is 48.5 Å². The molecule has 3 heterocycles. The Labute approximate surface area is 152 Å². The van der Waals surface area contributed by atoms with Crippen LogP contribution in [0.3, 0.4) is 0 Å². The van der Waals surface area contributed by atoms with Crippen molar-refractivity contribution < 1.29 is 17.5 Å². The Bertz CT molecular complexity index is 883. The van der Waals surface area contributed by atoms with Crippen LogP contribution in [0, 0.1) is 11.7 Å². The minimum absolute atomic E-state index is 0.0635. The first-order chi connectivity index (χ1) is 12.5. The number of halogens is 1. The van der Waals surface area contributed by atoms with Crippen molar-refractivity contribution in [1.29, 1.82) is 0 Å². The Morgan fingerprint density at radius 3 is 2.69 bits per heavy atom. The number of nitrogens with zero attached hydrogens (tertiary/aromatic N) is 2. The lowest BCUT2D eigenvalue weighted by atomic mass is 9.83. The first kappa shape index (κ1) is 17.4. The molecule has 26 heavy (non-hydrogen) atoms. The molecule has 0 aliphatic carbocycles. The summed E-state index contributed by atoms with van der Waals surface area (Å²) < 4.78 is 44.2. The summed E-state index contributed by atoms with van der Waals surface area (Å²) >= 11 is 0. The Morgan fingerprint density at radius 2 is 1.96 bits per heavy atom. The van der Waals surface area contributed by atoms with Gasteiger partial charge in [-0.3, -0.25) is 4.90 Å². The van der Waals surface area contributed by atoms with Gasteiger partial charge in [0.2, 0.25) is 5.88 Å². The highest BCUT2D eigenvalue weighted by Gasteiger charge is 2.61. The highest BCUT2D eigenvalue weighted by Crippen LogP contribution is 2.45. The van der Waals surface area contributed by atoms with E-state index in [1.807, 2.05) is 11.0 Å². The Hall–Kier alpha value is -1.99. The molecule has 1 atom stereocenters. The third-order valence-corrected chi connectivity index (χ3v) is 8.11. The van der Waals surface area contributed by atoms with E-state index < -0.39 is 14.6 Å². The van der Waals surface area contributed by atoms with Crippen molar-refractivity contribution in [2.24, 2.45) is 5.92 Å². The molecule has 2 aliphatic rings. The van der Waals surface area contributed by atoms with E-state index in [2.05, 4.69) is 4.98 Å². The summed E-state index contributed by atoms with van der Waals surface area (Å²) in [6.45, 7) is 1.63. The zero-order chi connectivity index (χ0) is 18.2. The molecular formula is C19H21FN2O3S. The fourth-order valence-electron chi connectivity index (χ4n) is 4.02. The Balaban J connectivity index is 1.44. The summed E-state index contributed by atoms with van der Waals surface area (Å²) in [5.41, 5.74) is 0.596. The first-order valence-electron chi connectivity index (χ1n) is 8.72. The zero-order valence-electron chi connectivity index (χ0n) is 14.3. The van der Waals surface area contributed by atoms with Crippen molar-refractivity contribution in [3.63, 3.8) is 0 Å². The predicted octanol–water partition coefficient (Wildman–Crippen LogP) is 2.29. The van der Waals surface area contributed by atoms with Crippen LogP contribution in [0.5, 0.6) is 5.88 Å². The fourth-order valence-corrected chi connectivity index (χ4v) is 6.47. The van der Waals surface area contributed by atoms with Crippen LogP contribution in [0.1, 0.15) is 12.0 Å². The van der Waals surface area contributed by atoms with E-state index in [9.17, 15) is 12.8 Å². The van der Waals surface area contributed by atoms with Gasteiger partial charge in [-0.2, -0.15) is 0 Å². The molecule has 2 saturated heterocycles. The minimum atomic E-state index is -3.17. The van der Waals surface area contributed by atoms with Gasteiger partial charge in [-0.25, -0.2) is 17.8 Å². The number of rotatable bonds is 5. The fraction of sp³-hybridized carbons (Fsp3) is 0.421. The lowest BCUT2D eigenvalue weighted by Crippen LogP contribution is -2.67. The highest BCUT2D eigenvalue weighted by atomic mass is 32.2. The van der Waals surface area contributed by atoms with E-state index in [1.54, 1.807) is 36.5 Å². The normalized spacial score (nSPS) is 23.7. The largest absolute Gasteiger partial charge is 0.477 e. The maximum atomic E-state index is 13.8. The Morgan fingerprint density at radius 1 is 1.19 bits per heavy atom. The molecule has 7 heteroatoms. The van der Waals surface area contributed by atoms with E-state index >= 15 is 0 Å². The molecule has 1 spiro atoms. The molecular weight excluding hydrogens is 355 g/mol. The summed E-state index contributed by atoms with van der Waals surface area (Å²) in [6.07, 6.45) is 2.25. The quantitative estimate of drug-likeness (QED) is 0.801. The van der Waals surface area contributed by atoms with Crippen LogP contribution in [0.4, 0.5) is 4.39 Å². The highest BCUT2D eigenvalue weighted by molar-refractivity contribution is 7.93. The summed E-state index contributed by atoms with van der Waals surface area (Å²) in [7, 11) is -3.17. The third kappa shape index (κ3) is 2.99. The monoisotopic (exact) mass is 376 g/mol. The second-order valence-electron chi connectivity index (χ2n) is 7.08. The maximum absolute atomic E-state index is 13.8. The number of aromatic nitrogens is 1. The summed E-state index contributed by atoms with van der Waals surface area (Å²) in [6, 6.07) is 12.0. The third-order valence-electron chi connectivity index (χ3n) is 5.50. The lowest BCUT2D eigenvalue weighted by Gasteiger charge is -2.50. The maximum Gasteiger partial charge on any atom is 0.213 e. The smallest absolute Gasteiger partial charge is 0.213 e. The van der Waals surface area contributed by atoms with E-state index in [4.69, 9.17) is 4.74 Å². The molecule has 0 amide bonds. The van der Waals surface area contributed by atoms with Gasteiger partial charge in [-0.05, 0) is 18.6 Å². The van der Waals surface area contributed by atoms with Crippen LogP contribution < -0.4 is 4.74 Å². The standard InChI is InChI=1S/C19H21FN2O3S/c20-17-6-2-1-5-15(17)11-22-13-19(14-22)16(8-10-26(19,23)24)12-25-18-7-3-4-9-21-18/h1-7,9,16H,8,10-14H2/t16-/m0/s1. The molecule has 0 bridgehead atoms. The minimum Gasteiger partial charge on any atom is -0.477 e. The summed E-state index contributed by atoms with van der Waals surface area (Å²) in [5.74, 6) is 0.384. The topological polar surface area (TPSA) is 59.5 Å². The van der Waals surface area contributed by atoms with Crippen LogP contribution in [0.2, 0.25) is 0 Å². The first-order valence-corrected chi connectivity index (χ1v) is 10.4. The molecule has 0 radical (unpaired) electrons. The van der Waals surface area contributed by atoms with Crippen molar-refractivity contribution in [2.45, 2.75) is 17.7 Å². The number of likely N-dealkylation sites (tertiary alicyclic amines) is 1.